The molecule has 1 N–H and O–H groups in total. The fourth-order valence-corrected chi connectivity index (χ4v) is 0.875. The van der Waals surface area contributed by atoms with Crippen molar-refractivity contribution in [2.45, 2.75) is 27.2 Å². The number of allylic oxidation sites excluding steroid dienone is 2. The Kier molecular flexibility index (Phi) is 3.43. The van der Waals surface area contributed by atoms with Crippen LogP contribution in [0.15, 0.2) is 33.5 Å². The van der Waals surface area contributed by atoms with Crippen LogP contribution in [-0.2, 0) is 0 Å². The van der Waals surface area contributed by atoms with Crippen molar-refractivity contribution in [3.8, 4) is 0 Å². The number of nitrogens with one attached hydrogen (secondary N) is 1. The smallest absolute Gasteiger partial charge is 0.176 e. The molecule has 0 aromatic carbocycles. The number of amidine groups is 1. The van der Waals surface area contributed by atoms with Gasteiger partial charge in [0.2, 0.25) is 0 Å². The number of nitrogens with zero attached hydrogens (tertiary/aromatic N) is 2. The van der Waals surface area contributed by atoms with E-state index in [0.717, 1.165) is 18.0 Å². The van der Waals surface area contributed by atoms with Gasteiger partial charge in [-0.3, -0.25) is 0 Å². The van der Waals surface area contributed by atoms with Gasteiger partial charge in [0.15, 0.2) is 5.84 Å². The van der Waals surface area contributed by atoms with Crippen LogP contribution in [0.4, 0.5) is 0 Å². The Balaban J connectivity index is 2.77. The van der Waals surface area contributed by atoms with Crippen LogP contribution in [-0.4, -0.2) is 12.2 Å². The van der Waals surface area contributed by atoms with Crippen LogP contribution >= 0.6 is 0 Å². The molecule has 0 spiro atoms. The molecule has 0 saturated heterocycles. The van der Waals surface area contributed by atoms with Gasteiger partial charge in [-0.1, -0.05) is 18.6 Å². The third-order valence-corrected chi connectivity index (χ3v) is 1.90. The fraction of sp³-hybridized carbons (Fsp3) is 0.400. The van der Waals surface area contributed by atoms with Crippen molar-refractivity contribution in [2.24, 2.45) is 9.98 Å². The van der Waals surface area contributed by atoms with E-state index in [1.54, 1.807) is 6.34 Å². The van der Waals surface area contributed by atoms with Gasteiger partial charge >= 0.3 is 0 Å². The van der Waals surface area contributed by atoms with Gasteiger partial charge in [0.25, 0.3) is 0 Å². The third-order valence-electron chi connectivity index (χ3n) is 1.90. The zero-order chi connectivity index (χ0) is 9.68. The number of rotatable bonds is 2. The monoisotopic (exact) mass is 177 g/mol. The first-order valence-electron chi connectivity index (χ1n) is 4.47. The number of hydrogen-bond donors (Lipinski definition) is 1. The SMILES string of the molecule is C/C=C1/NC=N/C1=N\C=C(/C)CC. The van der Waals surface area contributed by atoms with Crippen LogP contribution in [0.2, 0.25) is 0 Å². The summed E-state index contributed by atoms with van der Waals surface area (Å²) < 4.78 is 0. The zero-order valence-electron chi connectivity index (χ0n) is 8.33. The lowest BCUT2D eigenvalue weighted by Gasteiger charge is -1.95. The Hall–Kier alpha value is -1.38. The second-order valence-electron chi connectivity index (χ2n) is 2.89. The molecule has 0 unspecified atom stereocenters. The highest BCUT2D eigenvalue weighted by atomic mass is 15.1. The molecule has 0 atom stereocenters. The number of hydrogen-bond acceptors (Lipinski definition) is 2. The van der Waals surface area contributed by atoms with Crippen LogP contribution in [0.3, 0.4) is 0 Å². The van der Waals surface area contributed by atoms with E-state index in [1.807, 2.05) is 19.2 Å². The second-order valence-corrected chi connectivity index (χ2v) is 2.89. The van der Waals surface area contributed by atoms with E-state index in [2.05, 4.69) is 29.1 Å². The van der Waals surface area contributed by atoms with Crippen molar-refractivity contribution >= 4 is 12.2 Å². The summed E-state index contributed by atoms with van der Waals surface area (Å²) in [6.07, 6.45) is 6.51. The molecule has 1 aliphatic heterocycles. The van der Waals surface area contributed by atoms with Crippen LogP contribution in [0.1, 0.15) is 27.2 Å². The molecule has 1 aliphatic rings. The Labute approximate surface area is 79.0 Å². The Morgan fingerprint density at radius 1 is 1.69 bits per heavy atom. The molecule has 0 aromatic rings. The summed E-state index contributed by atoms with van der Waals surface area (Å²) >= 11 is 0. The predicted octanol–water partition coefficient (Wildman–Crippen LogP) is 2.23. The van der Waals surface area contributed by atoms with Crippen LogP contribution in [0, 0.1) is 0 Å². The van der Waals surface area contributed by atoms with Gasteiger partial charge in [0, 0.05) is 6.20 Å². The minimum absolute atomic E-state index is 0.760. The molecule has 0 aromatic heterocycles. The van der Waals surface area contributed by atoms with Gasteiger partial charge in [-0.05, 0) is 20.3 Å². The minimum Gasteiger partial charge on any atom is -0.343 e. The van der Waals surface area contributed by atoms with Gasteiger partial charge < -0.3 is 5.32 Å². The first kappa shape index (κ1) is 9.71. The Morgan fingerprint density at radius 2 is 2.46 bits per heavy atom. The molecule has 0 radical (unpaired) electrons. The summed E-state index contributed by atoms with van der Waals surface area (Å²) in [5.41, 5.74) is 2.23. The van der Waals surface area contributed by atoms with Crippen LogP contribution < -0.4 is 5.32 Å². The van der Waals surface area contributed by atoms with Gasteiger partial charge in [0.05, 0.1) is 12.0 Å². The normalized spacial score (nSPS) is 22.8. The summed E-state index contributed by atoms with van der Waals surface area (Å²) in [6, 6.07) is 0. The van der Waals surface area contributed by atoms with E-state index < -0.39 is 0 Å². The van der Waals surface area contributed by atoms with E-state index in [9.17, 15) is 0 Å². The molecule has 0 amide bonds. The lowest BCUT2D eigenvalue weighted by molar-refractivity contribution is 1.08. The molecule has 0 saturated carbocycles. The first-order valence-corrected chi connectivity index (χ1v) is 4.47. The van der Waals surface area contributed by atoms with E-state index in [-0.39, 0.29) is 0 Å². The largest absolute Gasteiger partial charge is 0.343 e. The maximum Gasteiger partial charge on any atom is 0.176 e. The molecule has 3 nitrogen and oxygen atoms in total. The van der Waals surface area contributed by atoms with Gasteiger partial charge in [-0.25, -0.2) is 9.98 Å². The first-order chi connectivity index (χ1) is 6.27. The van der Waals surface area contributed by atoms with Crippen molar-refractivity contribution in [1.29, 1.82) is 0 Å². The summed E-state index contributed by atoms with van der Waals surface area (Å²) in [4.78, 5) is 8.37. The van der Waals surface area contributed by atoms with E-state index in [4.69, 9.17) is 0 Å². The van der Waals surface area contributed by atoms with Crippen molar-refractivity contribution in [3.05, 3.63) is 23.5 Å². The molecule has 13 heavy (non-hydrogen) atoms. The summed E-state index contributed by atoms with van der Waals surface area (Å²) in [6.45, 7) is 6.13. The highest BCUT2D eigenvalue weighted by Crippen LogP contribution is 2.04. The van der Waals surface area contributed by atoms with Crippen molar-refractivity contribution in [3.63, 3.8) is 0 Å². The molecule has 1 heterocycles. The second kappa shape index (κ2) is 4.60. The van der Waals surface area contributed by atoms with E-state index >= 15 is 0 Å². The predicted molar refractivity (Wildman–Crippen MR) is 56.9 cm³/mol. The Morgan fingerprint density at radius 3 is 3.08 bits per heavy atom. The van der Waals surface area contributed by atoms with Crippen LogP contribution in [0.5, 0.6) is 0 Å². The van der Waals surface area contributed by atoms with Crippen LogP contribution in [0.25, 0.3) is 0 Å². The fourth-order valence-electron chi connectivity index (χ4n) is 0.875. The van der Waals surface area contributed by atoms with E-state index in [0.29, 0.717) is 0 Å². The average Bonchev–Trinajstić information content (AvgIpc) is 2.61. The molecule has 3 heteroatoms. The van der Waals surface area contributed by atoms with Gasteiger partial charge in [-0.2, -0.15) is 0 Å². The quantitative estimate of drug-likeness (QED) is 0.690. The van der Waals surface area contributed by atoms with Gasteiger partial charge in [-0.15, -0.1) is 0 Å². The van der Waals surface area contributed by atoms with Gasteiger partial charge in [0.1, 0.15) is 0 Å². The molecule has 0 aliphatic carbocycles. The summed E-state index contributed by atoms with van der Waals surface area (Å²) in [7, 11) is 0. The van der Waals surface area contributed by atoms with Crippen molar-refractivity contribution in [1.82, 2.24) is 5.32 Å². The lowest BCUT2D eigenvalue weighted by atomic mass is 10.3. The maximum absolute atomic E-state index is 4.27. The number of aliphatic imine (C=N–C) groups is 2. The summed E-state index contributed by atoms with van der Waals surface area (Å²) in [5.74, 6) is 0.760. The lowest BCUT2D eigenvalue weighted by Crippen LogP contribution is -2.07. The van der Waals surface area contributed by atoms with Crippen molar-refractivity contribution in [2.75, 3.05) is 0 Å². The molecule has 1 rings (SSSR count). The highest BCUT2D eigenvalue weighted by Gasteiger charge is 2.06. The topological polar surface area (TPSA) is 36.8 Å². The van der Waals surface area contributed by atoms with E-state index in [1.165, 1.54) is 5.57 Å². The highest BCUT2D eigenvalue weighted by molar-refractivity contribution is 6.08. The molecular formula is C10H15N3. The molecule has 70 valence electrons. The molecular weight excluding hydrogens is 162 g/mol. The van der Waals surface area contributed by atoms with Crippen molar-refractivity contribution < 1.29 is 0 Å². The Bertz CT molecular complexity index is 295. The standard InChI is InChI=1S/C10H15N3/c1-4-8(3)6-11-10-9(5-2)12-7-13-10/h5-7H,4H2,1-3H3,(H,11,12,13)/b8-6+,9-5+. The summed E-state index contributed by atoms with van der Waals surface area (Å²) in [5, 5.41) is 3.01. The maximum atomic E-state index is 4.27. The minimum atomic E-state index is 0.760. The zero-order valence-corrected chi connectivity index (χ0v) is 8.33. The third kappa shape index (κ3) is 2.54. The average molecular weight is 177 g/mol. The molecule has 0 bridgehead atoms. The molecule has 0 fully saturated rings.